The van der Waals surface area contributed by atoms with Gasteiger partial charge in [-0.05, 0) is 6.92 Å². The first-order chi connectivity index (χ1) is 13.4. The van der Waals surface area contributed by atoms with E-state index in [1.165, 1.54) is 6.92 Å². The average molecular weight is 389 g/mol. The molecule has 4 nitrogen and oxygen atoms in total. The molecule has 0 unspecified atom stereocenters. The SMILES string of the molecule is CCOC1=C(C)OC(=C(NB(c2ccccc2)c2ccccc2)C(F)(F)F)O1. The van der Waals surface area contributed by atoms with E-state index in [-0.39, 0.29) is 18.3 Å². The van der Waals surface area contributed by atoms with Crippen LogP contribution in [0.2, 0.25) is 0 Å². The molecule has 0 fully saturated rings. The molecule has 0 aromatic heterocycles. The van der Waals surface area contributed by atoms with Crippen LogP contribution in [0.15, 0.2) is 84.0 Å². The Hall–Kier alpha value is -3.03. The summed E-state index contributed by atoms with van der Waals surface area (Å²) in [4.78, 5) is 0. The third-order valence-electron chi connectivity index (χ3n) is 4.04. The quantitative estimate of drug-likeness (QED) is 0.770. The molecule has 0 radical (unpaired) electrons. The molecule has 0 bridgehead atoms. The summed E-state index contributed by atoms with van der Waals surface area (Å²) >= 11 is 0. The minimum absolute atomic E-state index is 0.0722. The zero-order valence-electron chi connectivity index (χ0n) is 15.4. The van der Waals surface area contributed by atoms with Gasteiger partial charge in [0.1, 0.15) is 0 Å². The zero-order chi connectivity index (χ0) is 20.1. The summed E-state index contributed by atoms with van der Waals surface area (Å²) < 4.78 is 57.2. The first kappa shape index (κ1) is 19.7. The number of nitrogens with one attached hydrogen (secondary N) is 1. The zero-order valence-corrected chi connectivity index (χ0v) is 15.4. The summed E-state index contributed by atoms with van der Waals surface area (Å²) in [5.74, 6) is -0.612. The number of benzene rings is 2. The standard InChI is InChI=1S/C20H19BF3NO3/c1-3-26-18-14(2)27-19(28-18)17(20(22,23)24)25-21(15-10-6-4-7-11-15)16-12-8-5-9-13-16/h4-13,25H,3H2,1-2H3. The maximum absolute atomic E-state index is 13.9. The van der Waals surface area contributed by atoms with Crippen molar-refractivity contribution >= 4 is 17.8 Å². The molecule has 0 saturated carbocycles. The van der Waals surface area contributed by atoms with E-state index in [0.29, 0.717) is 10.9 Å². The fourth-order valence-corrected chi connectivity index (χ4v) is 2.77. The van der Waals surface area contributed by atoms with Crippen LogP contribution in [-0.2, 0) is 14.2 Å². The van der Waals surface area contributed by atoms with Crippen molar-refractivity contribution in [3.63, 3.8) is 0 Å². The molecule has 0 spiro atoms. The van der Waals surface area contributed by atoms with Gasteiger partial charge >= 0.3 is 24.9 Å². The van der Waals surface area contributed by atoms with E-state index < -0.39 is 24.7 Å². The molecular weight excluding hydrogens is 370 g/mol. The highest BCUT2D eigenvalue weighted by Crippen LogP contribution is 2.34. The monoisotopic (exact) mass is 389 g/mol. The second-order valence-electron chi connectivity index (χ2n) is 6.04. The minimum atomic E-state index is -4.72. The van der Waals surface area contributed by atoms with Gasteiger partial charge in [-0.15, -0.1) is 0 Å². The van der Waals surface area contributed by atoms with Gasteiger partial charge in [0, 0.05) is 6.92 Å². The summed E-state index contributed by atoms with van der Waals surface area (Å²) in [5, 5.41) is 2.57. The lowest BCUT2D eigenvalue weighted by Gasteiger charge is -2.21. The molecule has 28 heavy (non-hydrogen) atoms. The molecule has 8 heteroatoms. The highest BCUT2D eigenvalue weighted by molar-refractivity contribution is 6.83. The molecule has 2 aromatic carbocycles. The summed E-state index contributed by atoms with van der Waals surface area (Å²) in [6.45, 7) is 2.68. The van der Waals surface area contributed by atoms with Crippen molar-refractivity contribution in [3.05, 3.63) is 84.0 Å². The number of rotatable bonds is 6. The van der Waals surface area contributed by atoms with E-state index >= 15 is 0 Å². The number of hydrogen-bond acceptors (Lipinski definition) is 4. The Kier molecular flexibility index (Phi) is 5.87. The van der Waals surface area contributed by atoms with E-state index in [2.05, 4.69) is 5.23 Å². The van der Waals surface area contributed by atoms with Gasteiger partial charge in [0.2, 0.25) is 0 Å². The predicted molar refractivity (Wildman–Crippen MR) is 101 cm³/mol. The molecule has 3 rings (SSSR count). The lowest BCUT2D eigenvalue weighted by atomic mass is 9.50. The fourth-order valence-electron chi connectivity index (χ4n) is 2.77. The minimum Gasteiger partial charge on any atom is -0.463 e. The molecule has 2 aromatic rings. The Morgan fingerprint density at radius 3 is 1.96 bits per heavy atom. The van der Waals surface area contributed by atoms with Gasteiger partial charge in [-0.2, -0.15) is 13.2 Å². The van der Waals surface area contributed by atoms with Crippen molar-refractivity contribution in [1.82, 2.24) is 5.23 Å². The van der Waals surface area contributed by atoms with Crippen LogP contribution in [0.4, 0.5) is 13.2 Å². The van der Waals surface area contributed by atoms with E-state index in [1.54, 1.807) is 67.6 Å². The molecule has 0 aliphatic carbocycles. The fraction of sp³-hybridized carbons (Fsp3) is 0.200. The Bertz CT molecular complexity index is 828. The first-order valence-corrected chi connectivity index (χ1v) is 8.77. The highest BCUT2D eigenvalue weighted by Gasteiger charge is 2.43. The second kappa shape index (κ2) is 8.33. The average Bonchev–Trinajstić information content (AvgIpc) is 3.03. The third kappa shape index (κ3) is 4.44. The van der Waals surface area contributed by atoms with Crippen molar-refractivity contribution < 1.29 is 27.4 Å². The van der Waals surface area contributed by atoms with Gasteiger partial charge in [0.15, 0.2) is 11.5 Å². The van der Waals surface area contributed by atoms with Crippen LogP contribution in [0.5, 0.6) is 0 Å². The molecule has 0 atom stereocenters. The van der Waals surface area contributed by atoms with Crippen molar-refractivity contribution in [1.29, 1.82) is 0 Å². The number of allylic oxidation sites excluding steroid dienone is 2. The molecular formula is C20H19BF3NO3. The Morgan fingerprint density at radius 2 is 1.50 bits per heavy atom. The topological polar surface area (TPSA) is 39.7 Å². The van der Waals surface area contributed by atoms with Crippen molar-refractivity contribution in [2.24, 2.45) is 0 Å². The van der Waals surface area contributed by atoms with Crippen LogP contribution in [0.3, 0.4) is 0 Å². The van der Waals surface area contributed by atoms with Gasteiger partial charge < -0.3 is 19.4 Å². The van der Waals surface area contributed by atoms with Crippen LogP contribution in [0.1, 0.15) is 13.8 Å². The summed E-state index contributed by atoms with van der Waals surface area (Å²) in [6.07, 6.45) is -4.72. The molecule has 1 heterocycles. The Balaban J connectivity index is 2.00. The van der Waals surface area contributed by atoms with Gasteiger partial charge in [-0.1, -0.05) is 71.6 Å². The highest BCUT2D eigenvalue weighted by atomic mass is 19.4. The molecule has 146 valence electrons. The summed E-state index contributed by atoms with van der Waals surface area (Å²) in [7, 11) is 0. The molecule has 1 N–H and O–H groups in total. The smallest absolute Gasteiger partial charge is 0.436 e. The van der Waals surface area contributed by atoms with Crippen molar-refractivity contribution in [2.75, 3.05) is 6.61 Å². The van der Waals surface area contributed by atoms with Gasteiger partial charge in [-0.3, -0.25) is 0 Å². The van der Waals surface area contributed by atoms with Gasteiger partial charge in [0.25, 0.3) is 0 Å². The van der Waals surface area contributed by atoms with Crippen LogP contribution >= 0.6 is 0 Å². The van der Waals surface area contributed by atoms with E-state index in [1.807, 2.05) is 0 Å². The summed E-state index contributed by atoms with van der Waals surface area (Å²) in [6, 6.07) is 17.7. The van der Waals surface area contributed by atoms with E-state index in [0.717, 1.165) is 0 Å². The Morgan fingerprint density at radius 1 is 0.964 bits per heavy atom. The van der Waals surface area contributed by atoms with Crippen molar-refractivity contribution in [3.8, 4) is 0 Å². The first-order valence-electron chi connectivity index (χ1n) is 8.77. The number of alkyl halides is 3. The molecule has 0 amide bonds. The summed E-state index contributed by atoms with van der Waals surface area (Å²) in [5.41, 5.74) is 0.228. The van der Waals surface area contributed by atoms with Gasteiger partial charge in [0.05, 0.1) is 6.61 Å². The van der Waals surface area contributed by atoms with Crippen LogP contribution in [0, 0.1) is 0 Å². The van der Waals surface area contributed by atoms with E-state index in [9.17, 15) is 13.2 Å². The molecule has 1 aliphatic heterocycles. The lowest BCUT2D eigenvalue weighted by molar-refractivity contribution is -0.102. The molecule has 0 saturated heterocycles. The third-order valence-corrected chi connectivity index (χ3v) is 4.04. The number of halogens is 3. The maximum atomic E-state index is 13.9. The largest absolute Gasteiger partial charge is 0.463 e. The van der Waals surface area contributed by atoms with Gasteiger partial charge in [-0.25, -0.2) is 0 Å². The van der Waals surface area contributed by atoms with Crippen LogP contribution in [0.25, 0.3) is 0 Å². The number of ether oxygens (including phenoxy) is 3. The van der Waals surface area contributed by atoms with Crippen LogP contribution < -0.4 is 16.2 Å². The Labute approximate surface area is 161 Å². The predicted octanol–water partition coefficient (Wildman–Crippen LogP) is 3.39. The normalized spacial score (nSPS) is 15.6. The van der Waals surface area contributed by atoms with E-state index in [4.69, 9.17) is 14.2 Å². The second-order valence-corrected chi connectivity index (χ2v) is 6.04. The maximum Gasteiger partial charge on any atom is 0.436 e. The number of hydrogen-bond donors (Lipinski definition) is 1. The van der Waals surface area contributed by atoms with Crippen LogP contribution in [-0.4, -0.2) is 19.6 Å². The lowest BCUT2D eigenvalue weighted by Crippen LogP contribution is -2.55. The van der Waals surface area contributed by atoms with Crippen molar-refractivity contribution in [2.45, 2.75) is 20.0 Å². The molecule has 1 aliphatic rings.